The van der Waals surface area contributed by atoms with E-state index >= 15 is 0 Å². The number of aromatic nitrogens is 2. The Balaban J connectivity index is 0.00000140. The number of esters is 1. The first-order chi connectivity index (χ1) is 12.6. The molecule has 28 heavy (non-hydrogen) atoms. The van der Waals surface area contributed by atoms with Gasteiger partial charge in [-0.3, -0.25) is 4.90 Å². The van der Waals surface area contributed by atoms with E-state index in [1.165, 1.54) is 29.2 Å². The van der Waals surface area contributed by atoms with Gasteiger partial charge in [-0.05, 0) is 37.9 Å². The van der Waals surface area contributed by atoms with Crippen LogP contribution in [0.2, 0.25) is 0 Å². The molecular formula is C19H24Cl2FN3O3. The Bertz CT molecular complexity index is 784. The van der Waals surface area contributed by atoms with Crippen LogP contribution in [0.25, 0.3) is 0 Å². The number of imidazole rings is 1. The van der Waals surface area contributed by atoms with Crippen LogP contribution in [0.5, 0.6) is 0 Å². The van der Waals surface area contributed by atoms with Crippen molar-refractivity contribution in [3.05, 3.63) is 54.4 Å². The lowest BCUT2D eigenvalue weighted by molar-refractivity contribution is -0.169. The van der Waals surface area contributed by atoms with Crippen molar-refractivity contribution < 1.29 is 19.0 Å². The van der Waals surface area contributed by atoms with Gasteiger partial charge in [0.25, 0.3) is 0 Å². The summed E-state index contributed by atoms with van der Waals surface area (Å²) in [4.78, 5) is 19.5. The second-order valence-corrected chi connectivity index (χ2v) is 7.05. The molecule has 3 aliphatic heterocycles. The maximum absolute atomic E-state index is 14.6. The highest BCUT2D eigenvalue weighted by Gasteiger charge is 2.47. The van der Waals surface area contributed by atoms with E-state index < -0.39 is 23.9 Å². The number of nitrogens with zero attached hydrogens (tertiary/aromatic N) is 3. The van der Waals surface area contributed by atoms with E-state index in [9.17, 15) is 14.3 Å². The molecule has 0 aliphatic carbocycles. The summed E-state index contributed by atoms with van der Waals surface area (Å²) in [6, 6.07) is 5.97. The summed E-state index contributed by atoms with van der Waals surface area (Å²) in [5.74, 6) is -0.897. The van der Waals surface area contributed by atoms with Gasteiger partial charge in [-0.25, -0.2) is 14.2 Å². The van der Waals surface area contributed by atoms with Crippen molar-refractivity contribution in [2.24, 2.45) is 5.92 Å². The molecule has 3 fully saturated rings. The van der Waals surface area contributed by atoms with Crippen LogP contribution in [-0.2, 0) is 15.1 Å². The van der Waals surface area contributed by atoms with Gasteiger partial charge >= 0.3 is 5.97 Å². The molecule has 1 N–H and O–H groups in total. The molecule has 3 aliphatic rings. The van der Waals surface area contributed by atoms with Gasteiger partial charge in [-0.15, -0.1) is 24.8 Å². The Morgan fingerprint density at radius 3 is 2.54 bits per heavy atom. The van der Waals surface area contributed by atoms with Gasteiger partial charge in [0.05, 0.1) is 12.9 Å². The molecule has 2 atom stereocenters. The zero-order valence-electron chi connectivity index (χ0n) is 15.2. The highest BCUT2D eigenvalue weighted by Crippen LogP contribution is 2.34. The minimum Gasteiger partial charge on any atom is -0.459 e. The number of hydrogen-bond donors (Lipinski definition) is 1. The number of benzene rings is 1. The number of rotatable bonds is 5. The monoisotopic (exact) mass is 431 g/mol. The van der Waals surface area contributed by atoms with Crippen molar-refractivity contribution in [3.63, 3.8) is 0 Å². The molecule has 0 amide bonds. The second kappa shape index (κ2) is 9.22. The second-order valence-electron chi connectivity index (χ2n) is 7.05. The van der Waals surface area contributed by atoms with Crippen LogP contribution >= 0.6 is 24.8 Å². The Labute approximate surface area is 175 Å². The van der Waals surface area contributed by atoms with Gasteiger partial charge in [0.2, 0.25) is 0 Å². The van der Waals surface area contributed by atoms with Gasteiger partial charge in [0, 0.05) is 24.5 Å². The molecule has 2 unspecified atom stereocenters. The van der Waals surface area contributed by atoms with E-state index in [1.54, 1.807) is 18.3 Å². The molecule has 1 aromatic heterocycles. The third-order valence-electron chi connectivity index (χ3n) is 5.69. The first kappa shape index (κ1) is 22.6. The molecule has 5 rings (SSSR count). The molecule has 9 heteroatoms. The average molecular weight is 432 g/mol. The van der Waals surface area contributed by atoms with Crippen LogP contribution in [-0.4, -0.2) is 57.9 Å². The third kappa shape index (κ3) is 3.76. The maximum atomic E-state index is 14.6. The molecule has 6 nitrogen and oxygen atoms in total. The van der Waals surface area contributed by atoms with Crippen molar-refractivity contribution >= 4 is 30.8 Å². The summed E-state index contributed by atoms with van der Waals surface area (Å²) in [5, 5.41) is 10.2. The van der Waals surface area contributed by atoms with E-state index in [0.717, 1.165) is 25.9 Å². The van der Waals surface area contributed by atoms with Crippen LogP contribution in [0, 0.1) is 11.7 Å². The first-order valence-electron chi connectivity index (χ1n) is 8.93. The fourth-order valence-corrected chi connectivity index (χ4v) is 4.15. The molecule has 0 saturated carbocycles. The summed E-state index contributed by atoms with van der Waals surface area (Å²) < 4.78 is 21.9. The summed E-state index contributed by atoms with van der Waals surface area (Å²) in [6.45, 7) is 2.13. The van der Waals surface area contributed by atoms with E-state index in [-0.39, 0.29) is 36.5 Å². The standard InChI is InChI=1S/C19H22FN3O3.2ClH/c20-16-4-2-1-3-15(16)19(12-24,23-10-7-21-13-23)18(25)26-17-11-22-8-5-14(17)6-9-22;;/h1-4,7,10,13-14,17,24H,5-6,8-9,11-12H2;2*1H. The van der Waals surface area contributed by atoms with E-state index in [2.05, 4.69) is 9.88 Å². The summed E-state index contributed by atoms with van der Waals surface area (Å²) >= 11 is 0. The van der Waals surface area contributed by atoms with Gasteiger partial charge in [-0.1, -0.05) is 18.2 Å². The zero-order chi connectivity index (χ0) is 18.1. The van der Waals surface area contributed by atoms with Crippen LogP contribution in [0.1, 0.15) is 18.4 Å². The fraction of sp³-hybridized carbons (Fsp3) is 0.474. The van der Waals surface area contributed by atoms with Crippen molar-refractivity contribution in [1.29, 1.82) is 0 Å². The van der Waals surface area contributed by atoms with Crippen molar-refractivity contribution in [2.45, 2.75) is 24.5 Å². The Hall–Kier alpha value is -1.67. The van der Waals surface area contributed by atoms with Crippen LogP contribution in [0.15, 0.2) is 43.0 Å². The highest BCUT2D eigenvalue weighted by atomic mass is 35.5. The van der Waals surface area contributed by atoms with Gasteiger partial charge in [0.1, 0.15) is 11.9 Å². The quantitative estimate of drug-likeness (QED) is 0.735. The average Bonchev–Trinajstić information content (AvgIpc) is 3.20. The summed E-state index contributed by atoms with van der Waals surface area (Å²) in [5.41, 5.74) is -1.61. The van der Waals surface area contributed by atoms with Gasteiger partial charge in [0.15, 0.2) is 5.54 Å². The largest absolute Gasteiger partial charge is 0.459 e. The van der Waals surface area contributed by atoms with Crippen LogP contribution in [0.3, 0.4) is 0 Å². The number of fused-ring (bicyclic) bond motifs is 3. The SMILES string of the molecule is Cl.Cl.O=C(OC1CN2CCC1CC2)C(CO)(c1ccccc1F)n1ccnc1. The fourth-order valence-electron chi connectivity index (χ4n) is 4.15. The number of ether oxygens (including phenoxy) is 1. The zero-order valence-corrected chi connectivity index (χ0v) is 16.9. The number of carbonyl (C=O) groups is 1. The molecule has 1 aromatic carbocycles. The van der Waals surface area contributed by atoms with Crippen molar-refractivity contribution in [2.75, 3.05) is 26.2 Å². The lowest BCUT2D eigenvalue weighted by atomic mass is 9.85. The van der Waals surface area contributed by atoms with Gasteiger partial charge < -0.3 is 14.4 Å². The molecular weight excluding hydrogens is 408 g/mol. The molecule has 4 heterocycles. The molecule has 154 valence electrons. The third-order valence-corrected chi connectivity index (χ3v) is 5.69. The normalized spacial score (nSPS) is 25.1. The van der Waals surface area contributed by atoms with Crippen LogP contribution < -0.4 is 0 Å². The summed E-state index contributed by atoms with van der Waals surface area (Å²) in [7, 11) is 0. The number of piperidine rings is 3. The Morgan fingerprint density at radius 1 is 1.29 bits per heavy atom. The van der Waals surface area contributed by atoms with Crippen LogP contribution in [0.4, 0.5) is 4.39 Å². The lowest BCUT2D eigenvalue weighted by Crippen LogP contribution is -2.55. The Kier molecular flexibility index (Phi) is 7.45. The van der Waals surface area contributed by atoms with E-state index in [0.29, 0.717) is 12.5 Å². The summed E-state index contributed by atoms with van der Waals surface area (Å²) in [6.07, 6.45) is 6.20. The smallest absolute Gasteiger partial charge is 0.339 e. The highest BCUT2D eigenvalue weighted by molar-refractivity contribution is 5.85. The molecule has 0 spiro atoms. The molecule has 3 saturated heterocycles. The topological polar surface area (TPSA) is 67.6 Å². The predicted octanol–water partition coefficient (Wildman–Crippen LogP) is 2.24. The van der Waals surface area contributed by atoms with E-state index in [1.807, 2.05) is 0 Å². The van der Waals surface area contributed by atoms with E-state index in [4.69, 9.17) is 4.74 Å². The first-order valence-corrected chi connectivity index (χ1v) is 8.93. The number of hydrogen-bond acceptors (Lipinski definition) is 5. The molecule has 2 aromatic rings. The molecule has 0 radical (unpaired) electrons. The molecule has 2 bridgehead atoms. The van der Waals surface area contributed by atoms with Gasteiger partial charge in [-0.2, -0.15) is 0 Å². The minimum atomic E-state index is -1.69. The number of carbonyl (C=O) groups excluding carboxylic acids is 1. The lowest BCUT2D eigenvalue weighted by Gasteiger charge is -2.45. The number of aliphatic hydroxyl groups is 1. The maximum Gasteiger partial charge on any atom is 0.339 e. The number of aliphatic hydroxyl groups excluding tert-OH is 1. The minimum absolute atomic E-state index is 0. The number of halogens is 3. The van der Waals surface area contributed by atoms with Crippen molar-refractivity contribution in [1.82, 2.24) is 14.5 Å². The predicted molar refractivity (Wildman–Crippen MR) is 106 cm³/mol. The Morgan fingerprint density at radius 2 is 2.00 bits per heavy atom. The van der Waals surface area contributed by atoms with Crippen molar-refractivity contribution in [3.8, 4) is 0 Å².